The Bertz CT molecular complexity index is 739. The summed E-state index contributed by atoms with van der Waals surface area (Å²) in [6, 6.07) is 7.86. The van der Waals surface area contributed by atoms with Crippen molar-refractivity contribution in [2.45, 2.75) is 27.7 Å². The molecule has 2 heterocycles. The first-order valence-corrected chi connectivity index (χ1v) is 9.74. The van der Waals surface area contributed by atoms with Gasteiger partial charge in [0.1, 0.15) is 5.01 Å². The van der Waals surface area contributed by atoms with E-state index in [2.05, 4.69) is 30.7 Å². The molecule has 0 bridgehead atoms. The van der Waals surface area contributed by atoms with Crippen LogP contribution in [0.1, 0.15) is 36.8 Å². The molecule has 1 saturated heterocycles. The van der Waals surface area contributed by atoms with Gasteiger partial charge in [0, 0.05) is 54.9 Å². The highest BCUT2D eigenvalue weighted by Gasteiger charge is 2.25. The van der Waals surface area contributed by atoms with E-state index in [1.54, 1.807) is 11.3 Å². The fraction of sp³-hybridized carbons (Fsp3) is 0.500. The second-order valence-corrected chi connectivity index (χ2v) is 8.86. The number of thiazole rings is 1. The zero-order valence-electron chi connectivity index (χ0n) is 15.6. The third-order valence-electron chi connectivity index (χ3n) is 4.33. The first-order valence-electron chi connectivity index (χ1n) is 8.86. The number of hydrogen-bond donors (Lipinski definition) is 0. The molecule has 1 aromatic carbocycles. The molecule has 3 rings (SSSR count). The minimum Gasteiger partial charge on any atom is -0.336 e. The summed E-state index contributed by atoms with van der Waals surface area (Å²) in [5.74, 6) is 0.130. The number of nitrogens with zero attached hydrogens (tertiary/aromatic N) is 3. The average Bonchev–Trinajstić information content (AvgIpc) is 3.00. The van der Waals surface area contributed by atoms with E-state index in [4.69, 9.17) is 0 Å². The summed E-state index contributed by atoms with van der Waals surface area (Å²) >= 11 is 1.62. The second kappa shape index (κ2) is 7.26. The van der Waals surface area contributed by atoms with Crippen molar-refractivity contribution in [2.24, 2.45) is 5.41 Å². The second-order valence-electron chi connectivity index (χ2n) is 8.00. The Morgan fingerprint density at radius 2 is 1.92 bits per heavy atom. The van der Waals surface area contributed by atoms with E-state index >= 15 is 0 Å². The minimum atomic E-state index is 0.130. The number of piperazine rings is 1. The highest BCUT2D eigenvalue weighted by Crippen LogP contribution is 2.25. The molecule has 1 aliphatic rings. The van der Waals surface area contributed by atoms with E-state index in [0.29, 0.717) is 5.41 Å². The van der Waals surface area contributed by atoms with Crippen LogP contribution in [-0.2, 0) is 0 Å². The fourth-order valence-corrected chi connectivity index (χ4v) is 4.03. The zero-order chi connectivity index (χ0) is 18.0. The number of aryl methyl sites for hydroxylation is 1. The molecular weight excluding hydrogens is 330 g/mol. The number of rotatable bonds is 3. The maximum Gasteiger partial charge on any atom is 0.253 e. The molecule has 134 valence electrons. The van der Waals surface area contributed by atoms with Crippen molar-refractivity contribution >= 4 is 17.2 Å². The van der Waals surface area contributed by atoms with Crippen LogP contribution in [0.5, 0.6) is 0 Å². The van der Waals surface area contributed by atoms with Gasteiger partial charge in [-0.2, -0.15) is 0 Å². The van der Waals surface area contributed by atoms with Gasteiger partial charge < -0.3 is 4.90 Å². The first-order chi connectivity index (χ1) is 11.8. The van der Waals surface area contributed by atoms with Crippen LogP contribution in [0.25, 0.3) is 10.6 Å². The van der Waals surface area contributed by atoms with Gasteiger partial charge in [-0.25, -0.2) is 4.98 Å². The highest BCUT2D eigenvalue weighted by molar-refractivity contribution is 7.13. The first kappa shape index (κ1) is 18.1. The Labute approximate surface area is 154 Å². The monoisotopic (exact) mass is 357 g/mol. The van der Waals surface area contributed by atoms with Crippen LogP contribution in [0, 0.1) is 12.3 Å². The van der Waals surface area contributed by atoms with Gasteiger partial charge in [-0.15, -0.1) is 11.3 Å². The van der Waals surface area contributed by atoms with Gasteiger partial charge in [0.15, 0.2) is 0 Å². The summed E-state index contributed by atoms with van der Waals surface area (Å²) in [5, 5.41) is 3.01. The van der Waals surface area contributed by atoms with Crippen molar-refractivity contribution in [2.75, 3.05) is 32.7 Å². The Hall–Kier alpha value is -1.72. The van der Waals surface area contributed by atoms with Gasteiger partial charge in [0.05, 0.1) is 0 Å². The summed E-state index contributed by atoms with van der Waals surface area (Å²) in [6.07, 6.45) is 0. The number of benzene rings is 1. The molecule has 5 heteroatoms. The molecule has 0 unspecified atom stereocenters. The van der Waals surface area contributed by atoms with E-state index in [9.17, 15) is 4.79 Å². The predicted octanol–water partition coefficient (Wildman–Crippen LogP) is 3.92. The largest absolute Gasteiger partial charge is 0.336 e. The molecule has 1 aliphatic heterocycles. The molecular formula is C20H27N3OS. The van der Waals surface area contributed by atoms with E-state index < -0.39 is 0 Å². The molecule has 1 fully saturated rings. The van der Waals surface area contributed by atoms with Gasteiger partial charge in [-0.3, -0.25) is 9.69 Å². The molecule has 0 atom stereocenters. The molecule has 0 spiro atoms. The van der Waals surface area contributed by atoms with E-state index in [1.165, 1.54) is 0 Å². The molecule has 4 nitrogen and oxygen atoms in total. The summed E-state index contributed by atoms with van der Waals surface area (Å²) in [5.41, 5.74) is 3.10. The lowest BCUT2D eigenvalue weighted by atomic mass is 9.96. The van der Waals surface area contributed by atoms with E-state index in [1.807, 2.05) is 41.5 Å². The summed E-state index contributed by atoms with van der Waals surface area (Å²) < 4.78 is 0. The lowest BCUT2D eigenvalue weighted by Crippen LogP contribution is -2.50. The number of amides is 1. The van der Waals surface area contributed by atoms with Crippen molar-refractivity contribution in [1.29, 1.82) is 0 Å². The number of hydrogen-bond acceptors (Lipinski definition) is 4. The minimum absolute atomic E-state index is 0.130. The maximum absolute atomic E-state index is 12.9. The molecule has 0 saturated carbocycles. The van der Waals surface area contributed by atoms with Crippen molar-refractivity contribution in [3.05, 3.63) is 40.9 Å². The lowest BCUT2D eigenvalue weighted by molar-refractivity contribution is 0.0592. The van der Waals surface area contributed by atoms with Crippen LogP contribution in [0.15, 0.2) is 29.6 Å². The fourth-order valence-electron chi connectivity index (χ4n) is 3.23. The summed E-state index contributed by atoms with van der Waals surface area (Å²) in [7, 11) is 0. The smallest absolute Gasteiger partial charge is 0.253 e. The van der Waals surface area contributed by atoms with Crippen LogP contribution in [0.3, 0.4) is 0 Å². The van der Waals surface area contributed by atoms with E-state index in [0.717, 1.165) is 54.6 Å². The topological polar surface area (TPSA) is 36.4 Å². The molecule has 2 aromatic rings. The maximum atomic E-state index is 12.9. The van der Waals surface area contributed by atoms with Crippen LogP contribution in [0.4, 0.5) is 0 Å². The van der Waals surface area contributed by atoms with Crippen molar-refractivity contribution in [3.8, 4) is 10.6 Å². The van der Waals surface area contributed by atoms with Crippen molar-refractivity contribution in [1.82, 2.24) is 14.8 Å². The van der Waals surface area contributed by atoms with Gasteiger partial charge in [0.2, 0.25) is 0 Å². The molecule has 0 aliphatic carbocycles. The predicted molar refractivity (Wildman–Crippen MR) is 104 cm³/mol. The van der Waals surface area contributed by atoms with Crippen molar-refractivity contribution < 1.29 is 4.79 Å². The van der Waals surface area contributed by atoms with Gasteiger partial charge >= 0.3 is 0 Å². The van der Waals surface area contributed by atoms with Gasteiger partial charge in [-0.05, 0) is 24.5 Å². The Kier molecular flexibility index (Phi) is 5.25. The third-order valence-corrected chi connectivity index (χ3v) is 5.34. The number of carbonyl (C=O) groups is 1. The van der Waals surface area contributed by atoms with Gasteiger partial charge in [0.25, 0.3) is 5.91 Å². The van der Waals surface area contributed by atoms with Crippen LogP contribution >= 0.6 is 11.3 Å². The van der Waals surface area contributed by atoms with Gasteiger partial charge in [-0.1, -0.05) is 32.9 Å². The molecule has 25 heavy (non-hydrogen) atoms. The molecule has 1 amide bonds. The SMILES string of the molecule is Cc1csc(-c2cccc(C(=O)N3CCN(CC(C)(C)C)CC3)c2)n1. The average molecular weight is 358 g/mol. The Morgan fingerprint density at radius 3 is 2.52 bits per heavy atom. The highest BCUT2D eigenvalue weighted by atomic mass is 32.1. The number of aromatic nitrogens is 1. The molecule has 0 N–H and O–H groups in total. The quantitative estimate of drug-likeness (QED) is 0.835. The zero-order valence-corrected chi connectivity index (χ0v) is 16.4. The Balaban J connectivity index is 1.66. The standard InChI is InChI=1S/C20H27N3OS/c1-15-13-25-18(21-15)16-6-5-7-17(12-16)19(24)23-10-8-22(9-11-23)14-20(2,3)4/h5-7,12-13H,8-11,14H2,1-4H3. The van der Waals surface area contributed by atoms with Crippen LogP contribution < -0.4 is 0 Å². The number of carbonyl (C=O) groups excluding carboxylic acids is 1. The van der Waals surface area contributed by atoms with E-state index in [-0.39, 0.29) is 5.91 Å². The van der Waals surface area contributed by atoms with Crippen LogP contribution in [-0.4, -0.2) is 53.4 Å². The Morgan fingerprint density at radius 1 is 1.20 bits per heavy atom. The molecule has 0 radical (unpaired) electrons. The summed E-state index contributed by atoms with van der Waals surface area (Å²) in [4.78, 5) is 21.8. The molecule has 1 aromatic heterocycles. The normalized spacial score (nSPS) is 16.2. The lowest BCUT2D eigenvalue weighted by Gasteiger charge is -2.37. The third kappa shape index (κ3) is 4.67. The van der Waals surface area contributed by atoms with Crippen LogP contribution in [0.2, 0.25) is 0 Å². The summed E-state index contributed by atoms with van der Waals surface area (Å²) in [6.45, 7) is 13.4. The van der Waals surface area contributed by atoms with Crippen molar-refractivity contribution in [3.63, 3.8) is 0 Å².